The molecule has 0 bridgehead atoms. The minimum atomic E-state index is 0.960. The molecule has 0 saturated heterocycles. The van der Waals surface area contributed by atoms with E-state index in [1.807, 2.05) is 12.4 Å². The zero-order chi connectivity index (χ0) is 10.5. The third-order valence-corrected chi connectivity index (χ3v) is 3.21. The maximum Gasteiger partial charge on any atom is 0.0313 e. The van der Waals surface area contributed by atoms with Crippen molar-refractivity contribution in [2.45, 2.75) is 39.2 Å². The molecule has 1 aromatic heterocycles. The maximum atomic E-state index is 4.19. The van der Waals surface area contributed by atoms with Crippen molar-refractivity contribution < 1.29 is 0 Å². The second kappa shape index (κ2) is 5.26. The Bertz CT molecular complexity index is 305. The van der Waals surface area contributed by atoms with E-state index in [1.165, 1.54) is 36.8 Å². The number of hydrogen-bond acceptors (Lipinski definition) is 2. The van der Waals surface area contributed by atoms with Gasteiger partial charge < -0.3 is 5.32 Å². The van der Waals surface area contributed by atoms with Crippen LogP contribution in [0.2, 0.25) is 0 Å². The van der Waals surface area contributed by atoms with Gasteiger partial charge in [-0.2, -0.15) is 0 Å². The van der Waals surface area contributed by atoms with Crippen molar-refractivity contribution >= 4 is 0 Å². The first-order valence-corrected chi connectivity index (χ1v) is 5.96. The highest BCUT2D eigenvalue weighted by molar-refractivity contribution is 5.16. The Morgan fingerprint density at radius 2 is 2.27 bits per heavy atom. The van der Waals surface area contributed by atoms with Gasteiger partial charge in [-0.3, -0.25) is 4.98 Å². The van der Waals surface area contributed by atoms with Gasteiger partial charge in [0.15, 0.2) is 0 Å². The van der Waals surface area contributed by atoms with Crippen LogP contribution in [0.15, 0.2) is 18.5 Å². The average molecular weight is 204 g/mol. The normalized spacial score (nSPS) is 16.3. The van der Waals surface area contributed by atoms with Gasteiger partial charge in [0.05, 0.1) is 0 Å². The molecule has 0 amide bonds. The van der Waals surface area contributed by atoms with Gasteiger partial charge in [-0.1, -0.05) is 25.3 Å². The zero-order valence-corrected chi connectivity index (χ0v) is 9.50. The SMILES string of the molecule is Cc1cncc(CNCCC2CCC2)c1. The number of nitrogens with one attached hydrogen (secondary N) is 1. The lowest BCUT2D eigenvalue weighted by molar-refractivity contribution is 0.292. The highest BCUT2D eigenvalue weighted by Gasteiger charge is 2.15. The zero-order valence-electron chi connectivity index (χ0n) is 9.50. The van der Waals surface area contributed by atoms with Gasteiger partial charge in [0.25, 0.3) is 0 Å². The minimum absolute atomic E-state index is 0.960. The highest BCUT2D eigenvalue weighted by Crippen LogP contribution is 2.28. The summed E-state index contributed by atoms with van der Waals surface area (Å²) in [7, 11) is 0. The minimum Gasteiger partial charge on any atom is -0.313 e. The summed E-state index contributed by atoms with van der Waals surface area (Å²) in [5.74, 6) is 1.01. The Balaban J connectivity index is 1.64. The van der Waals surface area contributed by atoms with E-state index >= 15 is 0 Å². The average Bonchev–Trinajstić information content (AvgIpc) is 2.15. The van der Waals surface area contributed by atoms with Gasteiger partial charge in [-0.05, 0) is 36.9 Å². The summed E-state index contributed by atoms with van der Waals surface area (Å²) in [5, 5.41) is 3.49. The molecule has 1 heterocycles. The number of hydrogen-bond donors (Lipinski definition) is 1. The first-order valence-electron chi connectivity index (χ1n) is 5.96. The molecule has 1 aliphatic rings. The molecule has 1 saturated carbocycles. The summed E-state index contributed by atoms with van der Waals surface area (Å²) in [6.07, 6.45) is 9.55. The number of pyridine rings is 1. The van der Waals surface area contributed by atoms with E-state index in [9.17, 15) is 0 Å². The molecule has 2 rings (SSSR count). The van der Waals surface area contributed by atoms with Crippen LogP contribution in [0.4, 0.5) is 0 Å². The standard InChI is InChI=1S/C13H20N2/c1-11-7-13(10-15-8-11)9-14-6-5-12-3-2-4-12/h7-8,10,12,14H,2-6,9H2,1H3. The molecule has 1 aliphatic carbocycles. The predicted octanol–water partition coefficient (Wildman–Crippen LogP) is 2.67. The van der Waals surface area contributed by atoms with E-state index in [1.54, 1.807) is 0 Å². The Morgan fingerprint density at radius 1 is 1.40 bits per heavy atom. The van der Waals surface area contributed by atoms with E-state index in [0.29, 0.717) is 0 Å². The van der Waals surface area contributed by atoms with Crippen LogP contribution in [0, 0.1) is 12.8 Å². The van der Waals surface area contributed by atoms with Crippen LogP contribution < -0.4 is 5.32 Å². The van der Waals surface area contributed by atoms with Crippen molar-refractivity contribution in [2.75, 3.05) is 6.54 Å². The van der Waals surface area contributed by atoms with E-state index in [4.69, 9.17) is 0 Å². The third-order valence-electron chi connectivity index (χ3n) is 3.21. The number of aryl methyl sites for hydroxylation is 1. The van der Waals surface area contributed by atoms with Gasteiger partial charge in [-0.25, -0.2) is 0 Å². The first-order chi connectivity index (χ1) is 7.34. The molecule has 2 heteroatoms. The molecule has 1 N–H and O–H groups in total. The molecule has 0 unspecified atom stereocenters. The molecule has 2 nitrogen and oxygen atoms in total. The van der Waals surface area contributed by atoms with E-state index in [0.717, 1.165) is 19.0 Å². The van der Waals surface area contributed by atoms with Crippen LogP contribution in [0.1, 0.15) is 36.8 Å². The van der Waals surface area contributed by atoms with Crippen molar-refractivity contribution in [1.29, 1.82) is 0 Å². The fourth-order valence-corrected chi connectivity index (χ4v) is 2.03. The fraction of sp³-hybridized carbons (Fsp3) is 0.615. The Morgan fingerprint density at radius 3 is 2.93 bits per heavy atom. The lowest BCUT2D eigenvalue weighted by Crippen LogP contribution is -2.21. The maximum absolute atomic E-state index is 4.19. The summed E-state index contributed by atoms with van der Waals surface area (Å²) in [5.41, 5.74) is 2.54. The molecule has 15 heavy (non-hydrogen) atoms. The second-order valence-electron chi connectivity index (χ2n) is 4.63. The van der Waals surface area contributed by atoms with Gasteiger partial charge in [0.2, 0.25) is 0 Å². The van der Waals surface area contributed by atoms with Crippen molar-refractivity contribution in [3.8, 4) is 0 Å². The topological polar surface area (TPSA) is 24.9 Å². The summed E-state index contributed by atoms with van der Waals surface area (Å²) >= 11 is 0. The molecule has 1 fully saturated rings. The van der Waals surface area contributed by atoms with Crippen molar-refractivity contribution in [1.82, 2.24) is 10.3 Å². The highest BCUT2D eigenvalue weighted by atomic mass is 14.8. The number of rotatable bonds is 5. The second-order valence-corrected chi connectivity index (χ2v) is 4.63. The summed E-state index contributed by atoms with van der Waals surface area (Å²) in [6.45, 7) is 4.20. The lowest BCUT2D eigenvalue weighted by Gasteiger charge is -2.25. The fourth-order valence-electron chi connectivity index (χ4n) is 2.03. The number of nitrogens with zero attached hydrogens (tertiary/aromatic N) is 1. The molecule has 0 spiro atoms. The van der Waals surface area contributed by atoms with Gasteiger partial charge in [0.1, 0.15) is 0 Å². The van der Waals surface area contributed by atoms with Crippen LogP contribution in [0.3, 0.4) is 0 Å². The number of aromatic nitrogens is 1. The van der Waals surface area contributed by atoms with Crippen molar-refractivity contribution in [3.05, 3.63) is 29.6 Å². The van der Waals surface area contributed by atoms with Crippen LogP contribution in [-0.4, -0.2) is 11.5 Å². The quantitative estimate of drug-likeness (QED) is 0.746. The van der Waals surface area contributed by atoms with Crippen molar-refractivity contribution in [2.24, 2.45) is 5.92 Å². The molecular weight excluding hydrogens is 184 g/mol. The predicted molar refractivity (Wildman–Crippen MR) is 62.6 cm³/mol. The molecule has 0 aromatic carbocycles. The Kier molecular flexibility index (Phi) is 3.73. The molecular formula is C13H20N2. The molecule has 1 aromatic rings. The van der Waals surface area contributed by atoms with E-state index in [2.05, 4.69) is 23.3 Å². The molecule has 0 aliphatic heterocycles. The van der Waals surface area contributed by atoms with Crippen LogP contribution >= 0.6 is 0 Å². The largest absolute Gasteiger partial charge is 0.313 e. The van der Waals surface area contributed by atoms with Gasteiger partial charge in [-0.15, -0.1) is 0 Å². The van der Waals surface area contributed by atoms with Gasteiger partial charge >= 0.3 is 0 Å². The smallest absolute Gasteiger partial charge is 0.0313 e. The Hall–Kier alpha value is -0.890. The Labute approximate surface area is 92.1 Å². The van der Waals surface area contributed by atoms with Crippen LogP contribution in [0.5, 0.6) is 0 Å². The van der Waals surface area contributed by atoms with Crippen molar-refractivity contribution in [3.63, 3.8) is 0 Å². The monoisotopic (exact) mass is 204 g/mol. The van der Waals surface area contributed by atoms with Crippen LogP contribution in [-0.2, 0) is 6.54 Å². The van der Waals surface area contributed by atoms with E-state index in [-0.39, 0.29) is 0 Å². The molecule has 82 valence electrons. The lowest BCUT2D eigenvalue weighted by atomic mass is 9.83. The molecule has 0 radical (unpaired) electrons. The third kappa shape index (κ3) is 3.31. The summed E-state index contributed by atoms with van der Waals surface area (Å²) in [4.78, 5) is 4.19. The van der Waals surface area contributed by atoms with Crippen LogP contribution in [0.25, 0.3) is 0 Å². The molecule has 0 atom stereocenters. The summed E-state index contributed by atoms with van der Waals surface area (Å²) < 4.78 is 0. The van der Waals surface area contributed by atoms with Gasteiger partial charge in [0, 0.05) is 18.9 Å². The summed E-state index contributed by atoms with van der Waals surface area (Å²) in [6, 6.07) is 2.20. The van der Waals surface area contributed by atoms with E-state index < -0.39 is 0 Å². The first kappa shape index (κ1) is 10.6.